The number of aliphatic hydroxyl groups is 1. The van der Waals surface area contributed by atoms with Gasteiger partial charge < -0.3 is 9.52 Å². The smallest absolute Gasteiger partial charge is 0.408 e. The maximum Gasteiger partial charge on any atom is 0.417 e. The largest absolute Gasteiger partial charge is 0.417 e. The van der Waals surface area contributed by atoms with Gasteiger partial charge in [-0.2, -0.15) is 0 Å². The number of thiophene rings is 1. The van der Waals surface area contributed by atoms with Crippen LogP contribution >= 0.6 is 22.9 Å². The van der Waals surface area contributed by atoms with E-state index in [4.69, 9.17) is 16.0 Å². The van der Waals surface area contributed by atoms with Crippen molar-refractivity contribution in [1.82, 2.24) is 4.98 Å². The lowest BCUT2D eigenvalue weighted by atomic mass is 10.1. The molecule has 0 radical (unpaired) electrons. The summed E-state index contributed by atoms with van der Waals surface area (Å²) >= 11 is 7.36. The van der Waals surface area contributed by atoms with Crippen molar-refractivity contribution < 1.29 is 9.52 Å². The predicted molar refractivity (Wildman–Crippen MR) is 70.2 cm³/mol. The Morgan fingerprint density at radius 3 is 2.94 bits per heavy atom. The fourth-order valence-electron chi connectivity index (χ4n) is 1.78. The first kappa shape index (κ1) is 11.5. The van der Waals surface area contributed by atoms with Crippen molar-refractivity contribution >= 4 is 34.0 Å². The maximum absolute atomic E-state index is 11.0. The van der Waals surface area contributed by atoms with E-state index >= 15 is 0 Å². The molecule has 2 aromatic heterocycles. The van der Waals surface area contributed by atoms with Gasteiger partial charge in [-0.15, -0.1) is 11.3 Å². The first-order chi connectivity index (χ1) is 8.65. The van der Waals surface area contributed by atoms with E-state index in [1.807, 2.05) is 5.38 Å². The summed E-state index contributed by atoms with van der Waals surface area (Å²) in [4.78, 5) is 14.3. The fourth-order valence-corrected chi connectivity index (χ4v) is 2.95. The van der Waals surface area contributed by atoms with E-state index in [1.54, 1.807) is 24.3 Å². The van der Waals surface area contributed by atoms with Crippen LogP contribution in [0, 0.1) is 0 Å². The zero-order valence-corrected chi connectivity index (χ0v) is 10.6. The van der Waals surface area contributed by atoms with Gasteiger partial charge in [0, 0.05) is 0 Å². The van der Waals surface area contributed by atoms with E-state index in [0.29, 0.717) is 26.6 Å². The molecule has 92 valence electrons. The summed E-state index contributed by atoms with van der Waals surface area (Å²) < 4.78 is 4.95. The number of aromatic amines is 1. The average molecular weight is 282 g/mol. The number of nitrogens with one attached hydrogen (secondary N) is 1. The molecule has 18 heavy (non-hydrogen) atoms. The Labute approximate surface area is 110 Å². The minimum Gasteiger partial charge on any atom is -0.408 e. The van der Waals surface area contributed by atoms with Gasteiger partial charge in [0.2, 0.25) is 0 Å². The molecule has 2 heterocycles. The number of hydrogen-bond donors (Lipinski definition) is 2. The Morgan fingerprint density at radius 1 is 1.39 bits per heavy atom. The van der Waals surface area contributed by atoms with Crippen molar-refractivity contribution in [3.8, 4) is 0 Å². The third kappa shape index (κ3) is 1.86. The summed E-state index contributed by atoms with van der Waals surface area (Å²) in [6.45, 7) is 0. The van der Waals surface area contributed by atoms with Gasteiger partial charge in [-0.25, -0.2) is 4.79 Å². The molecule has 0 amide bonds. The van der Waals surface area contributed by atoms with Crippen molar-refractivity contribution in [2.24, 2.45) is 0 Å². The number of H-pyrrole nitrogens is 1. The highest BCUT2D eigenvalue weighted by Crippen LogP contribution is 2.33. The van der Waals surface area contributed by atoms with Crippen LogP contribution in [0.3, 0.4) is 0 Å². The van der Waals surface area contributed by atoms with Crippen molar-refractivity contribution in [2.45, 2.75) is 6.10 Å². The van der Waals surface area contributed by atoms with Gasteiger partial charge in [-0.1, -0.05) is 17.7 Å². The minimum atomic E-state index is -0.817. The summed E-state index contributed by atoms with van der Waals surface area (Å²) in [5, 5.41) is 12.6. The number of aliphatic hydroxyl groups excluding tert-OH is 1. The van der Waals surface area contributed by atoms with E-state index in [9.17, 15) is 9.90 Å². The van der Waals surface area contributed by atoms with Crippen LogP contribution in [0.2, 0.25) is 5.02 Å². The molecule has 0 saturated heterocycles. The lowest BCUT2D eigenvalue weighted by molar-refractivity contribution is 0.224. The van der Waals surface area contributed by atoms with Crippen LogP contribution in [0.25, 0.3) is 11.1 Å². The topological polar surface area (TPSA) is 66.2 Å². The highest BCUT2D eigenvalue weighted by molar-refractivity contribution is 7.10. The van der Waals surface area contributed by atoms with E-state index in [1.165, 1.54) is 11.3 Å². The van der Waals surface area contributed by atoms with Gasteiger partial charge >= 0.3 is 5.76 Å². The highest BCUT2D eigenvalue weighted by atomic mass is 35.5. The Hall–Kier alpha value is -1.56. The summed E-state index contributed by atoms with van der Waals surface area (Å²) in [6, 6.07) is 6.79. The van der Waals surface area contributed by atoms with Crippen LogP contribution in [0.4, 0.5) is 0 Å². The lowest BCUT2D eigenvalue weighted by Crippen LogP contribution is -1.97. The van der Waals surface area contributed by atoms with E-state index in [-0.39, 0.29) is 0 Å². The summed E-state index contributed by atoms with van der Waals surface area (Å²) in [5.74, 6) is -0.509. The highest BCUT2D eigenvalue weighted by Gasteiger charge is 2.16. The Kier molecular flexibility index (Phi) is 2.74. The molecule has 1 atom stereocenters. The number of fused-ring (bicyclic) bond motifs is 1. The zero-order valence-electron chi connectivity index (χ0n) is 9.01. The predicted octanol–water partition coefficient (Wildman–Crippen LogP) is 2.92. The van der Waals surface area contributed by atoms with Crippen molar-refractivity contribution in [3.05, 3.63) is 55.7 Å². The molecule has 1 unspecified atom stereocenters. The van der Waals surface area contributed by atoms with Gasteiger partial charge in [0.15, 0.2) is 5.58 Å². The SMILES string of the molecule is O=c1[nH]c2ccc(C(O)c3sccc3Cl)cc2o1. The minimum absolute atomic E-state index is 0.421. The second kappa shape index (κ2) is 4.28. The molecular weight excluding hydrogens is 274 g/mol. The molecule has 0 aliphatic heterocycles. The van der Waals surface area contributed by atoms with Gasteiger partial charge in [0.05, 0.1) is 15.4 Å². The van der Waals surface area contributed by atoms with Gasteiger partial charge in [0.25, 0.3) is 0 Å². The van der Waals surface area contributed by atoms with Crippen LogP contribution in [-0.4, -0.2) is 10.1 Å². The fraction of sp³-hybridized carbons (Fsp3) is 0.0833. The number of aromatic nitrogens is 1. The van der Waals surface area contributed by atoms with Crippen molar-refractivity contribution in [3.63, 3.8) is 0 Å². The molecule has 6 heteroatoms. The lowest BCUT2D eigenvalue weighted by Gasteiger charge is -2.09. The summed E-state index contributed by atoms with van der Waals surface area (Å²) in [5.41, 5.74) is 1.66. The third-order valence-electron chi connectivity index (χ3n) is 2.65. The molecule has 0 bridgehead atoms. The van der Waals surface area contributed by atoms with Gasteiger partial charge in [0.1, 0.15) is 6.10 Å². The third-order valence-corrected chi connectivity index (χ3v) is 4.06. The molecule has 2 N–H and O–H groups in total. The normalized spacial score (nSPS) is 13.0. The van der Waals surface area contributed by atoms with Gasteiger partial charge in [-0.05, 0) is 29.1 Å². The second-order valence-electron chi connectivity index (χ2n) is 3.81. The van der Waals surface area contributed by atoms with E-state index in [0.717, 1.165) is 0 Å². The monoisotopic (exact) mass is 281 g/mol. The quantitative estimate of drug-likeness (QED) is 0.759. The van der Waals surface area contributed by atoms with Crippen LogP contribution < -0.4 is 5.76 Å². The number of hydrogen-bond acceptors (Lipinski definition) is 4. The molecule has 3 aromatic rings. The Balaban J connectivity index is 2.09. The van der Waals surface area contributed by atoms with Crippen LogP contribution in [-0.2, 0) is 0 Å². The number of rotatable bonds is 2. The van der Waals surface area contributed by atoms with Crippen molar-refractivity contribution in [2.75, 3.05) is 0 Å². The molecule has 1 aromatic carbocycles. The number of oxazole rings is 1. The van der Waals surface area contributed by atoms with Crippen LogP contribution in [0.1, 0.15) is 16.5 Å². The van der Waals surface area contributed by atoms with E-state index in [2.05, 4.69) is 4.98 Å². The first-order valence-corrected chi connectivity index (χ1v) is 6.44. The molecular formula is C12H8ClNO3S. The van der Waals surface area contributed by atoms with Gasteiger partial charge in [-0.3, -0.25) is 4.98 Å². The first-order valence-electron chi connectivity index (χ1n) is 5.19. The second-order valence-corrected chi connectivity index (χ2v) is 5.16. The zero-order chi connectivity index (χ0) is 12.7. The molecule has 0 saturated carbocycles. The molecule has 0 spiro atoms. The van der Waals surface area contributed by atoms with Crippen LogP contribution in [0.15, 0.2) is 38.9 Å². The Morgan fingerprint density at radius 2 is 2.22 bits per heavy atom. The molecule has 0 fully saturated rings. The molecule has 0 aliphatic carbocycles. The van der Waals surface area contributed by atoms with Crippen molar-refractivity contribution in [1.29, 1.82) is 0 Å². The molecule has 0 aliphatic rings. The maximum atomic E-state index is 11.0. The molecule has 3 rings (SSSR count). The average Bonchev–Trinajstić information content (AvgIpc) is 2.91. The molecule has 4 nitrogen and oxygen atoms in total. The van der Waals surface area contributed by atoms with E-state index < -0.39 is 11.9 Å². The standard InChI is InChI=1S/C12H8ClNO3S/c13-7-3-4-18-11(7)10(15)6-1-2-8-9(5-6)17-12(16)14-8/h1-5,10,15H,(H,14,16). The number of benzene rings is 1. The Bertz CT molecular complexity index is 758. The summed E-state index contributed by atoms with van der Waals surface area (Å²) in [7, 11) is 0. The van der Waals surface area contributed by atoms with Crippen LogP contribution in [0.5, 0.6) is 0 Å². The number of halogens is 1. The summed E-state index contributed by atoms with van der Waals surface area (Å²) in [6.07, 6.45) is -0.817.